The highest BCUT2D eigenvalue weighted by atomic mass is 19.4. The van der Waals surface area contributed by atoms with Crippen LogP contribution in [0.2, 0.25) is 0 Å². The van der Waals surface area contributed by atoms with Crippen molar-refractivity contribution in [3.05, 3.63) is 35.4 Å². The van der Waals surface area contributed by atoms with Gasteiger partial charge in [0.05, 0.1) is 17.6 Å². The number of fused-ring (bicyclic) bond motifs is 1. The minimum Gasteiger partial charge on any atom is -0.364 e. The maximum Gasteiger partial charge on any atom is 0.416 e. The molecule has 2 aliphatic rings. The Morgan fingerprint density at radius 2 is 1.83 bits per heavy atom. The molecule has 18 heavy (non-hydrogen) atoms. The maximum atomic E-state index is 12.4. The molecule has 1 fully saturated rings. The second-order valence-electron chi connectivity index (χ2n) is 4.53. The second-order valence-corrected chi connectivity index (χ2v) is 4.53. The molecule has 1 aromatic carbocycles. The molecular formula is C12H12F3N3. The highest BCUT2D eigenvalue weighted by Crippen LogP contribution is 2.29. The van der Waals surface area contributed by atoms with Gasteiger partial charge < -0.3 is 10.6 Å². The van der Waals surface area contributed by atoms with Crippen LogP contribution in [0.5, 0.6) is 0 Å². The standard InChI is InChI=1S/C12H12F3N3/c13-12(14,15)8-3-1-7(2-4-8)11-17-9-5-16-6-10(9)18-11/h1-4,9-10,16H,5-6H2,(H,17,18). The number of alkyl halides is 3. The van der Waals surface area contributed by atoms with Crippen LogP contribution in [-0.2, 0) is 6.18 Å². The minimum absolute atomic E-state index is 0.197. The van der Waals surface area contributed by atoms with Gasteiger partial charge in [-0.2, -0.15) is 13.2 Å². The van der Waals surface area contributed by atoms with Crippen LogP contribution in [0, 0.1) is 0 Å². The van der Waals surface area contributed by atoms with Crippen LogP contribution in [0.15, 0.2) is 29.3 Å². The van der Waals surface area contributed by atoms with E-state index in [4.69, 9.17) is 0 Å². The summed E-state index contributed by atoms with van der Waals surface area (Å²) < 4.78 is 37.3. The topological polar surface area (TPSA) is 36.4 Å². The van der Waals surface area contributed by atoms with Gasteiger partial charge in [-0.1, -0.05) is 12.1 Å². The van der Waals surface area contributed by atoms with Crippen molar-refractivity contribution >= 4 is 5.84 Å². The van der Waals surface area contributed by atoms with Crippen molar-refractivity contribution in [3.8, 4) is 0 Å². The molecular weight excluding hydrogens is 243 g/mol. The van der Waals surface area contributed by atoms with Crippen LogP contribution in [-0.4, -0.2) is 31.0 Å². The van der Waals surface area contributed by atoms with Crippen molar-refractivity contribution in [3.63, 3.8) is 0 Å². The van der Waals surface area contributed by atoms with Gasteiger partial charge in [-0.15, -0.1) is 0 Å². The van der Waals surface area contributed by atoms with E-state index in [1.807, 2.05) is 0 Å². The maximum absolute atomic E-state index is 12.4. The van der Waals surface area contributed by atoms with Crippen molar-refractivity contribution in [1.29, 1.82) is 0 Å². The van der Waals surface area contributed by atoms with Crippen molar-refractivity contribution in [2.75, 3.05) is 13.1 Å². The van der Waals surface area contributed by atoms with E-state index in [0.717, 1.165) is 25.2 Å². The summed E-state index contributed by atoms with van der Waals surface area (Å²) in [6.45, 7) is 1.67. The number of benzene rings is 1. The van der Waals surface area contributed by atoms with Gasteiger partial charge in [-0.05, 0) is 12.1 Å². The van der Waals surface area contributed by atoms with Crippen LogP contribution in [0.3, 0.4) is 0 Å². The zero-order valence-corrected chi connectivity index (χ0v) is 9.46. The van der Waals surface area contributed by atoms with E-state index in [1.54, 1.807) is 0 Å². The molecule has 0 aromatic heterocycles. The Kier molecular flexibility index (Phi) is 2.55. The van der Waals surface area contributed by atoms with E-state index < -0.39 is 11.7 Å². The number of amidine groups is 1. The first-order valence-electron chi connectivity index (χ1n) is 5.77. The number of halogens is 3. The van der Waals surface area contributed by atoms with E-state index in [2.05, 4.69) is 15.6 Å². The van der Waals surface area contributed by atoms with E-state index in [9.17, 15) is 13.2 Å². The third-order valence-electron chi connectivity index (χ3n) is 3.28. The van der Waals surface area contributed by atoms with Gasteiger partial charge in [0.2, 0.25) is 0 Å². The fourth-order valence-corrected chi connectivity index (χ4v) is 2.30. The number of rotatable bonds is 1. The molecule has 2 aliphatic heterocycles. The van der Waals surface area contributed by atoms with Gasteiger partial charge in [0.1, 0.15) is 5.84 Å². The average Bonchev–Trinajstić information content (AvgIpc) is 2.88. The van der Waals surface area contributed by atoms with E-state index >= 15 is 0 Å². The molecule has 2 unspecified atom stereocenters. The first-order valence-corrected chi connectivity index (χ1v) is 5.77. The number of hydrogen-bond donors (Lipinski definition) is 2. The number of hydrogen-bond acceptors (Lipinski definition) is 3. The lowest BCUT2D eigenvalue weighted by atomic mass is 10.1. The number of aliphatic imine (C=N–C) groups is 1. The Bertz CT molecular complexity index is 478. The lowest BCUT2D eigenvalue weighted by Crippen LogP contribution is -2.35. The molecule has 0 amide bonds. The van der Waals surface area contributed by atoms with Gasteiger partial charge in [0.15, 0.2) is 0 Å². The molecule has 0 saturated carbocycles. The molecule has 1 saturated heterocycles. The van der Waals surface area contributed by atoms with Crippen LogP contribution in [0.1, 0.15) is 11.1 Å². The Labute approximate surface area is 102 Å². The normalized spacial score (nSPS) is 26.7. The zero-order valence-electron chi connectivity index (χ0n) is 9.46. The Morgan fingerprint density at radius 1 is 1.11 bits per heavy atom. The Morgan fingerprint density at radius 3 is 2.44 bits per heavy atom. The summed E-state index contributed by atoms with van der Waals surface area (Å²) in [5.41, 5.74) is 0.0732. The summed E-state index contributed by atoms with van der Waals surface area (Å²) in [7, 11) is 0. The second kappa shape index (κ2) is 3.98. The molecule has 6 heteroatoms. The quantitative estimate of drug-likeness (QED) is 0.795. The van der Waals surface area contributed by atoms with Gasteiger partial charge >= 0.3 is 6.18 Å². The molecule has 2 atom stereocenters. The first kappa shape index (κ1) is 11.5. The number of nitrogens with zero attached hydrogens (tertiary/aromatic N) is 1. The summed E-state index contributed by atoms with van der Waals surface area (Å²) in [5.74, 6) is 0.695. The van der Waals surface area contributed by atoms with Crippen molar-refractivity contribution < 1.29 is 13.2 Å². The van der Waals surface area contributed by atoms with Crippen LogP contribution < -0.4 is 10.6 Å². The molecule has 3 nitrogen and oxygen atoms in total. The molecule has 1 aromatic rings. The third-order valence-corrected chi connectivity index (χ3v) is 3.28. The summed E-state index contributed by atoms with van der Waals surface area (Å²) in [4.78, 5) is 4.47. The van der Waals surface area contributed by atoms with Crippen molar-refractivity contribution in [2.45, 2.75) is 18.3 Å². The summed E-state index contributed by atoms with van der Waals surface area (Å²) in [6.07, 6.45) is -4.29. The lowest BCUT2D eigenvalue weighted by molar-refractivity contribution is -0.137. The smallest absolute Gasteiger partial charge is 0.364 e. The zero-order chi connectivity index (χ0) is 12.8. The van der Waals surface area contributed by atoms with Crippen molar-refractivity contribution in [2.24, 2.45) is 4.99 Å². The largest absolute Gasteiger partial charge is 0.416 e. The Balaban J connectivity index is 1.82. The van der Waals surface area contributed by atoms with E-state index in [1.165, 1.54) is 12.1 Å². The lowest BCUT2D eigenvalue weighted by Gasteiger charge is -2.10. The van der Waals surface area contributed by atoms with Gasteiger partial charge in [0, 0.05) is 18.7 Å². The number of nitrogens with one attached hydrogen (secondary N) is 2. The highest BCUT2D eigenvalue weighted by molar-refractivity contribution is 6.00. The fraction of sp³-hybridized carbons (Fsp3) is 0.417. The highest BCUT2D eigenvalue weighted by Gasteiger charge is 2.34. The van der Waals surface area contributed by atoms with Crippen LogP contribution >= 0.6 is 0 Å². The van der Waals surface area contributed by atoms with Gasteiger partial charge in [0.25, 0.3) is 0 Å². The molecule has 0 bridgehead atoms. The average molecular weight is 255 g/mol. The fourth-order valence-electron chi connectivity index (χ4n) is 2.30. The predicted molar refractivity (Wildman–Crippen MR) is 61.6 cm³/mol. The van der Waals surface area contributed by atoms with E-state index in [0.29, 0.717) is 11.4 Å². The molecule has 3 rings (SSSR count). The monoisotopic (exact) mass is 255 g/mol. The molecule has 0 radical (unpaired) electrons. The van der Waals surface area contributed by atoms with E-state index in [-0.39, 0.29) is 12.1 Å². The van der Waals surface area contributed by atoms with Crippen LogP contribution in [0.4, 0.5) is 13.2 Å². The predicted octanol–water partition coefficient (Wildman–Crippen LogP) is 1.40. The molecule has 0 spiro atoms. The van der Waals surface area contributed by atoms with Crippen molar-refractivity contribution in [1.82, 2.24) is 10.6 Å². The minimum atomic E-state index is -4.29. The molecule has 0 aliphatic carbocycles. The SMILES string of the molecule is FC(F)(F)c1ccc(C2=NC3CNCC3N2)cc1. The van der Waals surface area contributed by atoms with Gasteiger partial charge in [-0.3, -0.25) is 4.99 Å². The summed E-state index contributed by atoms with van der Waals surface area (Å²) >= 11 is 0. The summed E-state index contributed by atoms with van der Waals surface area (Å²) in [6, 6.07) is 5.56. The third kappa shape index (κ3) is 1.96. The molecule has 96 valence electrons. The Hall–Kier alpha value is -1.56. The summed E-state index contributed by atoms with van der Waals surface area (Å²) in [5, 5.41) is 6.44. The molecule has 2 N–H and O–H groups in total. The molecule has 2 heterocycles. The van der Waals surface area contributed by atoms with Gasteiger partial charge in [-0.25, -0.2) is 0 Å². The first-order chi connectivity index (χ1) is 8.54. The van der Waals surface area contributed by atoms with Crippen LogP contribution in [0.25, 0.3) is 0 Å².